The van der Waals surface area contributed by atoms with Crippen LogP contribution in [0, 0.1) is 5.92 Å². The van der Waals surface area contributed by atoms with E-state index in [0.29, 0.717) is 5.75 Å². The Kier molecular flexibility index (Phi) is 5.69. The van der Waals surface area contributed by atoms with Crippen LogP contribution in [-0.4, -0.2) is 35.2 Å². The largest absolute Gasteiger partial charge is 0.488 e. The van der Waals surface area contributed by atoms with Crippen molar-refractivity contribution in [2.24, 2.45) is 5.92 Å². The summed E-state index contributed by atoms with van der Waals surface area (Å²) in [5.41, 5.74) is -0.383. The summed E-state index contributed by atoms with van der Waals surface area (Å²) in [5, 5.41) is 8.26. The number of esters is 1. The standard InChI is InChI=1S/C16H20F2O5/c1-10(2)15(3,4)23-12-7-5-11(6-8-12)13(19)22-9-16(17,18)14(20)21/h5-8,10H,9H2,1-4H3,(H,20,21). The second-order valence-corrected chi connectivity index (χ2v) is 5.97. The molecule has 1 aromatic carbocycles. The monoisotopic (exact) mass is 330 g/mol. The third kappa shape index (κ3) is 5.19. The number of ether oxygens (including phenoxy) is 2. The molecule has 0 fully saturated rings. The van der Waals surface area contributed by atoms with Crippen molar-refractivity contribution in [3.8, 4) is 5.75 Å². The molecule has 0 aliphatic heterocycles. The van der Waals surface area contributed by atoms with Gasteiger partial charge in [0.1, 0.15) is 11.4 Å². The SMILES string of the molecule is CC(C)C(C)(C)Oc1ccc(C(=O)OCC(F)(F)C(=O)O)cc1. The molecule has 1 aromatic rings. The smallest absolute Gasteiger partial charge is 0.378 e. The van der Waals surface area contributed by atoms with E-state index in [2.05, 4.69) is 4.74 Å². The maximum atomic E-state index is 12.9. The highest BCUT2D eigenvalue weighted by Gasteiger charge is 2.40. The molecule has 0 saturated heterocycles. The zero-order valence-corrected chi connectivity index (χ0v) is 13.4. The van der Waals surface area contributed by atoms with Gasteiger partial charge in [0.2, 0.25) is 0 Å². The van der Waals surface area contributed by atoms with Crippen molar-refractivity contribution < 1.29 is 33.0 Å². The summed E-state index contributed by atoms with van der Waals surface area (Å²) in [7, 11) is 0. The van der Waals surface area contributed by atoms with Crippen LogP contribution in [0.3, 0.4) is 0 Å². The fourth-order valence-electron chi connectivity index (χ4n) is 1.38. The normalized spacial score (nSPS) is 12.1. The number of aliphatic carboxylic acids is 1. The van der Waals surface area contributed by atoms with Crippen LogP contribution in [0.2, 0.25) is 0 Å². The van der Waals surface area contributed by atoms with Crippen LogP contribution in [0.5, 0.6) is 5.75 Å². The van der Waals surface area contributed by atoms with Crippen LogP contribution in [0.1, 0.15) is 38.1 Å². The van der Waals surface area contributed by atoms with Gasteiger partial charge in [0, 0.05) is 0 Å². The van der Waals surface area contributed by atoms with Gasteiger partial charge < -0.3 is 14.6 Å². The van der Waals surface area contributed by atoms with Crippen LogP contribution in [-0.2, 0) is 9.53 Å². The van der Waals surface area contributed by atoms with Gasteiger partial charge in [-0.2, -0.15) is 8.78 Å². The highest BCUT2D eigenvalue weighted by atomic mass is 19.3. The van der Waals surface area contributed by atoms with Gasteiger partial charge in [-0.15, -0.1) is 0 Å². The lowest BCUT2D eigenvalue weighted by Crippen LogP contribution is -2.34. The fraction of sp³-hybridized carbons (Fsp3) is 0.500. The predicted molar refractivity (Wildman–Crippen MR) is 78.9 cm³/mol. The number of halogens is 2. The van der Waals surface area contributed by atoms with Gasteiger partial charge in [0.05, 0.1) is 5.56 Å². The first-order valence-corrected chi connectivity index (χ1v) is 7.03. The van der Waals surface area contributed by atoms with E-state index in [9.17, 15) is 18.4 Å². The van der Waals surface area contributed by atoms with Crippen LogP contribution in [0.15, 0.2) is 24.3 Å². The Morgan fingerprint density at radius 2 is 1.70 bits per heavy atom. The first-order valence-electron chi connectivity index (χ1n) is 7.03. The van der Waals surface area contributed by atoms with Crippen molar-refractivity contribution in [3.63, 3.8) is 0 Å². The molecule has 0 spiro atoms. The molecule has 0 radical (unpaired) electrons. The number of carbonyl (C=O) groups excluding carboxylic acids is 1. The summed E-state index contributed by atoms with van der Waals surface area (Å²) in [5.74, 6) is -6.70. The van der Waals surface area contributed by atoms with Gasteiger partial charge >= 0.3 is 17.9 Å². The van der Waals surface area contributed by atoms with E-state index in [0.717, 1.165) is 0 Å². The first kappa shape index (κ1) is 18.9. The first-order chi connectivity index (χ1) is 10.5. The fourth-order valence-corrected chi connectivity index (χ4v) is 1.38. The van der Waals surface area contributed by atoms with E-state index in [-0.39, 0.29) is 11.5 Å². The molecule has 1 rings (SSSR count). The lowest BCUT2D eigenvalue weighted by Gasteiger charge is -2.30. The van der Waals surface area contributed by atoms with Crippen molar-refractivity contribution in [1.29, 1.82) is 0 Å². The highest BCUT2D eigenvalue weighted by molar-refractivity contribution is 5.89. The van der Waals surface area contributed by atoms with E-state index < -0.39 is 30.1 Å². The lowest BCUT2D eigenvalue weighted by atomic mass is 9.94. The zero-order valence-electron chi connectivity index (χ0n) is 13.4. The van der Waals surface area contributed by atoms with E-state index in [4.69, 9.17) is 9.84 Å². The summed E-state index contributed by atoms with van der Waals surface area (Å²) in [6.07, 6.45) is 0. The Balaban J connectivity index is 2.70. The second-order valence-electron chi connectivity index (χ2n) is 5.97. The number of alkyl halides is 2. The van der Waals surface area contributed by atoms with Gasteiger partial charge in [-0.25, -0.2) is 9.59 Å². The third-order valence-corrected chi connectivity index (χ3v) is 3.56. The molecule has 0 unspecified atom stereocenters. The molecule has 0 amide bonds. The van der Waals surface area contributed by atoms with E-state index in [1.54, 1.807) is 0 Å². The summed E-state index contributed by atoms with van der Waals surface area (Å²) in [4.78, 5) is 21.9. The minimum absolute atomic E-state index is 0.0286. The lowest BCUT2D eigenvalue weighted by molar-refractivity contribution is -0.170. The Labute approximate surface area is 133 Å². The average Bonchev–Trinajstić information content (AvgIpc) is 2.45. The van der Waals surface area contributed by atoms with Crippen LogP contribution in [0.4, 0.5) is 8.78 Å². The topological polar surface area (TPSA) is 72.8 Å². The number of carbonyl (C=O) groups is 2. The number of carboxylic acids is 1. The molecular formula is C16H20F2O5. The molecule has 0 saturated carbocycles. The highest BCUT2D eigenvalue weighted by Crippen LogP contribution is 2.25. The molecule has 7 heteroatoms. The number of carboxylic acid groups (broad SMARTS) is 1. The van der Waals surface area contributed by atoms with Gasteiger partial charge in [-0.05, 0) is 44.0 Å². The van der Waals surface area contributed by atoms with Gasteiger partial charge in [0.15, 0.2) is 6.61 Å². The van der Waals surface area contributed by atoms with Crippen LogP contribution >= 0.6 is 0 Å². The number of hydrogen-bond donors (Lipinski definition) is 1. The molecule has 0 atom stereocenters. The number of rotatable bonds is 7. The molecule has 0 aliphatic carbocycles. The molecule has 0 bridgehead atoms. The molecule has 0 aliphatic rings. The van der Waals surface area contributed by atoms with Crippen molar-refractivity contribution in [1.82, 2.24) is 0 Å². The maximum absolute atomic E-state index is 12.9. The average molecular weight is 330 g/mol. The predicted octanol–water partition coefficient (Wildman–Crippen LogP) is 3.38. The molecule has 5 nitrogen and oxygen atoms in total. The summed E-state index contributed by atoms with van der Waals surface area (Å²) < 4.78 is 35.8. The van der Waals surface area contributed by atoms with E-state index in [1.807, 2.05) is 27.7 Å². The third-order valence-electron chi connectivity index (χ3n) is 3.56. The van der Waals surface area contributed by atoms with Gasteiger partial charge in [-0.1, -0.05) is 13.8 Å². The molecule has 0 aromatic heterocycles. The van der Waals surface area contributed by atoms with Crippen LogP contribution in [0.25, 0.3) is 0 Å². The minimum Gasteiger partial charge on any atom is -0.488 e. The Morgan fingerprint density at radius 1 is 1.17 bits per heavy atom. The zero-order chi connectivity index (χ0) is 17.8. The molecule has 23 heavy (non-hydrogen) atoms. The van der Waals surface area contributed by atoms with Crippen molar-refractivity contribution in [2.45, 2.75) is 39.2 Å². The second kappa shape index (κ2) is 6.93. The summed E-state index contributed by atoms with van der Waals surface area (Å²) in [6, 6.07) is 5.78. The molecular weight excluding hydrogens is 310 g/mol. The molecule has 0 heterocycles. The van der Waals surface area contributed by atoms with Gasteiger partial charge in [-0.3, -0.25) is 0 Å². The number of benzene rings is 1. The van der Waals surface area contributed by atoms with Crippen molar-refractivity contribution >= 4 is 11.9 Å². The molecule has 1 N–H and O–H groups in total. The summed E-state index contributed by atoms with van der Waals surface area (Å²) >= 11 is 0. The quantitative estimate of drug-likeness (QED) is 0.776. The van der Waals surface area contributed by atoms with E-state index >= 15 is 0 Å². The minimum atomic E-state index is -4.11. The Hall–Kier alpha value is -2.18. The summed E-state index contributed by atoms with van der Waals surface area (Å²) in [6.45, 7) is 6.35. The van der Waals surface area contributed by atoms with Crippen LogP contribution < -0.4 is 4.74 Å². The maximum Gasteiger partial charge on any atom is 0.378 e. The van der Waals surface area contributed by atoms with Crippen molar-refractivity contribution in [3.05, 3.63) is 29.8 Å². The van der Waals surface area contributed by atoms with Gasteiger partial charge in [0.25, 0.3) is 0 Å². The van der Waals surface area contributed by atoms with E-state index in [1.165, 1.54) is 24.3 Å². The van der Waals surface area contributed by atoms with Crippen molar-refractivity contribution in [2.75, 3.05) is 6.61 Å². The molecule has 128 valence electrons. The number of hydrogen-bond acceptors (Lipinski definition) is 4. The Bertz CT molecular complexity index is 564. The Morgan fingerprint density at radius 3 is 2.13 bits per heavy atom.